The summed E-state index contributed by atoms with van der Waals surface area (Å²) in [6, 6.07) is 13.4. The average Bonchev–Trinajstić information content (AvgIpc) is 3.26. The molecule has 0 unspecified atom stereocenters. The molecule has 0 amide bonds. The fourth-order valence-electron chi connectivity index (χ4n) is 4.02. The van der Waals surface area contributed by atoms with Gasteiger partial charge in [-0.2, -0.15) is 4.31 Å². The van der Waals surface area contributed by atoms with Crippen molar-refractivity contribution in [2.24, 2.45) is 0 Å². The SMILES string of the molecule is COc1ccc2cc(CN(C3CCCC3)S(=O)(=O)c3ccccc3Cl)c(=O)[nH]c2c1. The third-order valence-corrected chi connectivity index (χ3v) is 8.01. The van der Waals surface area contributed by atoms with Crippen LogP contribution in [0.2, 0.25) is 5.02 Å². The first-order valence-electron chi connectivity index (χ1n) is 9.86. The van der Waals surface area contributed by atoms with Crippen molar-refractivity contribution in [3.8, 4) is 5.75 Å². The van der Waals surface area contributed by atoms with E-state index in [9.17, 15) is 13.2 Å². The van der Waals surface area contributed by atoms with Gasteiger partial charge in [-0.15, -0.1) is 0 Å². The van der Waals surface area contributed by atoms with Crippen LogP contribution >= 0.6 is 11.6 Å². The van der Waals surface area contributed by atoms with Crippen molar-refractivity contribution >= 4 is 32.5 Å². The van der Waals surface area contributed by atoms with E-state index in [4.69, 9.17) is 16.3 Å². The van der Waals surface area contributed by atoms with E-state index in [0.717, 1.165) is 31.1 Å². The summed E-state index contributed by atoms with van der Waals surface area (Å²) in [5, 5.41) is 0.993. The number of methoxy groups -OCH3 is 1. The third kappa shape index (κ3) is 3.97. The van der Waals surface area contributed by atoms with Crippen molar-refractivity contribution in [1.29, 1.82) is 0 Å². The highest BCUT2D eigenvalue weighted by atomic mass is 35.5. The van der Waals surface area contributed by atoms with Gasteiger partial charge in [-0.25, -0.2) is 8.42 Å². The van der Waals surface area contributed by atoms with E-state index in [1.807, 2.05) is 6.07 Å². The zero-order valence-corrected chi connectivity index (χ0v) is 18.2. The van der Waals surface area contributed by atoms with Gasteiger partial charge in [0.2, 0.25) is 10.0 Å². The van der Waals surface area contributed by atoms with Crippen LogP contribution in [0.4, 0.5) is 0 Å². The number of sulfonamides is 1. The van der Waals surface area contributed by atoms with Crippen LogP contribution in [-0.2, 0) is 16.6 Å². The van der Waals surface area contributed by atoms with Crippen LogP contribution in [0.1, 0.15) is 31.2 Å². The van der Waals surface area contributed by atoms with Crippen molar-refractivity contribution in [1.82, 2.24) is 9.29 Å². The molecular formula is C22H23ClN2O4S. The molecule has 1 N–H and O–H groups in total. The number of rotatable bonds is 6. The average molecular weight is 447 g/mol. The highest BCUT2D eigenvalue weighted by Crippen LogP contribution is 2.32. The number of nitrogens with one attached hydrogen (secondary N) is 1. The molecule has 1 aromatic heterocycles. The summed E-state index contributed by atoms with van der Waals surface area (Å²) in [6.45, 7) is -0.00444. The van der Waals surface area contributed by atoms with Crippen molar-refractivity contribution in [3.63, 3.8) is 0 Å². The number of aromatic amines is 1. The highest BCUT2D eigenvalue weighted by molar-refractivity contribution is 7.89. The molecule has 0 aliphatic heterocycles. The van der Waals surface area contributed by atoms with Gasteiger partial charge in [-0.1, -0.05) is 36.6 Å². The number of hydrogen-bond donors (Lipinski definition) is 1. The second-order valence-corrected chi connectivity index (χ2v) is 9.76. The van der Waals surface area contributed by atoms with Crippen LogP contribution < -0.4 is 10.3 Å². The number of benzene rings is 2. The minimum absolute atomic E-state index is 0.00444. The molecule has 4 rings (SSSR count). The molecule has 1 fully saturated rings. The lowest BCUT2D eigenvalue weighted by Crippen LogP contribution is -2.39. The number of aromatic nitrogens is 1. The van der Waals surface area contributed by atoms with Gasteiger partial charge in [0.15, 0.2) is 0 Å². The first kappa shape index (κ1) is 20.9. The molecule has 30 heavy (non-hydrogen) atoms. The summed E-state index contributed by atoms with van der Waals surface area (Å²) in [4.78, 5) is 15.7. The second-order valence-electron chi connectivity index (χ2n) is 7.50. The first-order chi connectivity index (χ1) is 14.4. The number of nitrogens with zero attached hydrogens (tertiary/aromatic N) is 1. The van der Waals surface area contributed by atoms with Crippen LogP contribution in [0.25, 0.3) is 10.9 Å². The molecule has 6 nitrogen and oxygen atoms in total. The first-order valence-corrected chi connectivity index (χ1v) is 11.7. The molecule has 158 valence electrons. The van der Waals surface area contributed by atoms with Crippen molar-refractivity contribution < 1.29 is 13.2 Å². The van der Waals surface area contributed by atoms with Gasteiger partial charge in [-0.3, -0.25) is 4.79 Å². The fraction of sp³-hybridized carbons (Fsp3) is 0.318. The number of pyridine rings is 1. The van der Waals surface area contributed by atoms with E-state index in [-0.39, 0.29) is 28.1 Å². The molecular weight excluding hydrogens is 424 g/mol. The molecule has 3 aromatic rings. The van der Waals surface area contributed by atoms with E-state index >= 15 is 0 Å². The number of H-pyrrole nitrogens is 1. The monoisotopic (exact) mass is 446 g/mol. The van der Waals surface area contributed by atoms with Crippen molar-refractivity contribution in [2.45, 2.75) is 43.2 Å². The predicted octanol–water partition coefficient (Wildman–Crippen LogP) is 4.32. The molecule has 0 saturated heterocycles. The van der Waals surface area contributed by atoms with Gasteiger partial charge < -0.3 is 9.72 Å². The number of ether oxygens (including phenoxy) is 1. The second kappa shape index (κ2) is 8.41. The molecule has 0 radical (unpaired) electrons. The Morgan fingerprint density at radius 1 is 1.13 bits per heavy atom. The Bertz CT molecular complexity index is 1230. The van der Waals surface area contributed by atoms with Crippen LogP contribution in [0, 0.1) is 0 Å². The number of hydrogen-bond acceptors (Lipinski definition) is 4. The summed E-state index contributed by atoms with van der Waals surface area (Å²) in [5.74, 6) is 0.639. The minimum Gasteiger partial charge on any atom is -0.497 e. The molecule has 0 bridgehead atoms. The van der Waals surface area contributed by atoms with Gasteiger partial charge in [-0.05, 0) is 48.6 Å². The molecule has 2 aromatic carbocycles. The van der Waals surface area contributed by atoms with Crippen LogP contribution in [0.3, 0.4) is 0 Å². The Labute approximate surface area is 180 Å². The maximum Gasteiger partial charge on any atom is 0.252 e. The van der Waals surface area contributed by atoms with E-state index in [1.165, 1.54) is 10.4 Å². The van der Waals surface area contributed by atoms with Crippen LogP contribution in [0.5, 0.6) is 5.75 Å². The van der Waals surface area contributed by atoms with Gasteiger partial charge in [0, 0.05) is 24.2 Å². The maximum atomic E-state index is 13.5. The van der Waals surface area contributed by atoms with Crippen molar-refractivity contribution in [2.75, 3.05) is 7.11 Å². The summed E-state index contributed by atoms with van der Waals surface area (Å²) in [6.07, 6.45) is 3.47. The minimum atomic E-state index is -3.87. The van der Waals surface area contributed by atoms with Gasteiger partial charge in [0.05, 0.1) is 17.6 Å². The van der Waals surface area contributed by atoms with Gasteiger partial charge in [0.25, 0.3) is 5.56 Å². The molecule has 0 spiro atoms. The Kier molecular flexibility index (Phi) is 5.86. The summed E-state index contributed by atoms with van der Waals surface area (Å²) >= 11 is 6.21. The van der Waals surface area contributed by atoms with E-state index in [0.29, 0.717) is 16.8 Å². The lowest BCUT2D eigenvalue weighted by Gasteiger charge is -2.28. The normalized spacial score (nSPS) is 15.2. The lowest BCUT2D eigenvalue weighted by molar-refractivity contribution is 0.315. The highest BCUT2D eigenvalue weighted by Gasteiger charge is 2.35. The lowest BCUT2D eigenvalue weighted by atomic mass is 10.1. The standard InChI is InChI=1S/C22H23ClN2O4S/c1-29-18-11-10-15-12-16(22(26)24-20(15)13-18)14-25(17-6-2-3-7-17)30(27,28)21-9-5-4-8-19(21)23/h4-5,8-13,17H,2-3,6-7,14H2,1H3,(H,24,26). The fourth-order valence-corrected chi connectivity index (χ4v) is 6.18. The summed E-state index contributed by atoms with van der Waals surface area (Å²) in [5.41, 5.74) is 0.729. The quantitative estimate of drug-likeness (QED) is 0.611. The smallest absolute Gasteiger partial charge is 0.252 e. The third-order valence-electron chi connectivity index (χ3n) is 5.61. The number of fused-ring (bicyclic) bond motifs is 1. The zero-order chi connectivity index (χ0) is 21.3. The topological polar surface area (TPSA) is 79.5 Å². The van der Waals surface area contributed by atoms with E-state index in [1.54, 1.807) is 43.5 Å². The van der Waals surface area contributed by atoms with E-state index in [2.05, 4.69) is 4.98 Å². The summed E-state index contributed by atoms with van der Waals surface area (Å²) in [7, 11) is -2.30. The molecule has 1 aliphatic rings. The molecule has 1 heterocycles. The predicted molar refractivity (Wildman–Crippen MR) is 118 cm³/mol. The van der Waals surface area contributed by atoms with Crippen molar-refractivity contribution in [3.05, 3.63) is 69.5 Å². The Morgan fingerprint density at radius 2 is 1.87 bits per heavy atom. The molecule has 8 heteroatoms. The van der Waals surface area contributed by atoms with E-state index < -0.39 is 10.0 Å². The molecule has 1 aliphatic carbocycles. The van der Waals surface area contributed by atoms with Gasteiger partial charge >= 0.3 is 0 Å². The Balaban J connectivity index is 1.77. The van der Waals surface area contributed by atoms with Crippen LogP contribution in [0.15, 0.2) is 58.2 Å². The van der Waals surface area contributed by atoms with Crippen LogP contribution in [-0.4, -0.2) is 30.9 Å². The Hall–Kier alpha value is -2.35. The zero-order valence-electron chi connectivity index (χ0n) is 16.6. The molecule has 1 saturated carbocycles. The summed E-state index contributed by atoms with van der Waals surface area (Å²) < 4.78 is 33.7. The maximum absolute atomic E-state index is 13.5. The number of halogens is 1. The Morgan fingerprint density at radius 3 is 2.57 bits per heavy atom. The largest absolute Gasteiger partial charge is 0.497 e. The van der Waals surface area contributed by atoms with Gasteiger partial charge in [0.1, 0.15) is 10.6 Å². The molecule has 0 atom stereocenters.